The van der Waals surface area contributed by atoms with E-state index >= 15 is 0 Å². The molecule has 0 saturated carbocycles. The van der Waals surface area contributed by atoms with Gasteiger partial charge >= 0.3 is 0 Å². The molecule has 0 N–H and O–H groups in total. The number of amidine groups is 1. The van der Waals surface area contributed by atoms with Crippen molar-refractivity contribution in [1.82, 2.24) is 4.90 Å². The first-order valence-electron chi connectivity index (χ1n) is 10.5. The zero-order chi connectivity index (χ0) is 23.2. The third-order valence-corrected chi connectivity index (χ3v) is 6.60. The van der Waals surface area contributed by atoms with E-state index in [9.17, 15) is 4.79 Å². The normalized spacial score (nSPS) is 16.2. The molecule has 0 radical (unpaired) electrons. The number of rotatable bonds is 7. The van der Waals surface area contributed by atoms with Gasteiger partial charge in [0, 0.05) is 4.88 Å². The molecular weight excluding hydrogens is 466 g/mol. The zero-order valence-corrected chi connectivity index (χ0v) is 19.5. The van der Waals surface area contributed by atoms with Gasteiger partial charge in [-0.1, -0.05) is 36.4 Å². The molecule has 8 heteroatoms. The number of furan rings is 1. The number of para-hydroxylation sites is 1. The minimum absolute atomic E-state index is 0.123. The number of benzene rings is 2. The lowest BCUT2D eigenvalue weighted by Crippen LogP contribution is -2.28. The Hall–Kier alpha value is -3.88. The highest BCUT2D eigenvalue weighted by molar-refractivity contribution is 8.18. The molecule has 2 aromatic heterocycles. The summed E-state index contributed by atoms with van der Waals surface area (Å²) in [5, 5.41) is 11.1. The molecule has 1 amide bonds. The lowest BCUT2D eigenvalue weighted by molar-refractivity contribution is -0.122. The summed E-state index contributed by atoms with van der Waals surface area (Å²) in [5.74, 6) is 2.01. The summed E-state index contributed by atoms with van der Waals surface area (Å²) in [6.45, 7) is 0.287. The second-order valence-corrected chi connectivity index (χ2v) is 9.20. The van der Waals surface area contributed by atoms with Crippen LogP contribution in [-0.4, -0.2) is 22.2 Å². The number of hydrogen-bond acceptors (Lipinski definition) is 7. The van der Waals surface area contributed by atoms with Crippen LogP contribution in [0, 0.1) is 0 Å². The second kappa shape index (κ2) is 10.4. The van der Waals surface area contributed by atoms with Crippen LogP contribution < -0.4 is 4.74 Å². The van der Waals surface area contributed by atoms with Gasteiger partial charge in [0.05, 0.1) is 23.9 Å². The summed E-state index contributed by atoms with van der Waals surface area (Å²) in [4.78, 5) is 16.3. The SMILES string of the molecule is O=C1/C(=C/c2cccs2)S/C(=N/N=C/c2cccc(Oc3ccccc3)c2)N1Cc1ccco1. The Kier molecular flexibility index (Phi) is 6.69. The minimum atomic E-state index is -0.123. The molecule has 6 nitrogen and oxygen atoms in total. The Morgan fingerprint density at radius 3 is 2.65 bits per heavy atom. The number of thioether (sulfide) groups is 1. The fourth-order valence-electron chi connectivity index (χ4n) is 3.21. The van der Waals surface area contributed by atoms with Crippen molar-refractivity contribution in [1.29, 1.82) is 0 Å². The monoisotopic (exact) mass is 485 g/mol. The molecule has 4 aromatic rings. The molecule has 5 rings (SSSR count). The van der Waals surface area contributed by atoms with Crippen LogP contribution in [0.3, 0.4) is 0 Å². The van der Waals surface area contributed by atoms with Crippen LogP contribution in [0.2, 0.25) is 0 Å². The predicted octanol–water partition coefficient (Wildman–Crippen LogP) is 6.64. The number of carbonyl (C=O) groups is 1. The van der Waals surface area contributed by atoms with E-state index in [0.717, 1.165) is 16.2 Å². The van der Waals surface area contributed by atoms with Crippen molar-refractivity contribution in [2.45, 2.75) is 6.54 Å². The van der Waals surface area contributed by atoms with E-state index in [4.69, 9.17) is 9.15 Å². The highest BCUT2D eigenvalue weighted by Gasteiger charge is 2.34. The fraction of sp³-hybridized carbons (Fsp3) is 0.0385. The topological polar surface area (TPSA) is 67.4 Å². The molecule has 0 bridgehead atoms. The Morgan fingerprint density at radius 1 is 0.971 bits per heavy atom. The van der Waals surface area contributed by atoms with Crippen molar-refractivity contribution in [2.75, 3.05) is 0 Å². The number of amides is 1. The van der Waals surface area contributed by atoms with Gasteiger partial charge in [0.1, 0.15) is 17.3 Å². The number of thiophene rings is 1. The molecule has 2 aromatic carbocycles. The summed E-state index contributed by atoms with van der Waals surface area (Å²) in [7, 11) is 0. The predicted molar refractivity (Wildman–Crippen MR) is 137 cm³/mol. The van der Waals surface area contributed by atoms with E-state index in [1.54, 1.807) is 34.8 Å². The summed E-state index contributed by atoms with van der Waals surface area (Å²) in [6.07, 6.45) is 5.11. The van der Waals surface area contributed by atoms with E-state index in [1.165, 1.54) is 11.8 Å². The van der Waals surface area contributed by atoms with Crippen molar-refractivity contribution in [3.05, 3.63) is 112 Å². The van der Waals surface area contributed by atoms with Crippen LogP contribution in [0.4, 0.5) is 0 Å². The van der Waals surface area contributed by atoms with Crippen molar-refractivity contribution >= 4 is 46.5 Å². The third-order valence-electron chi connectivity index (χ3n) is 4.79. The second-order valence-electron chi connectivity index (χ2n) is 7.21. The maximum atomic E-state index is 13.1. The van der Waals surface area contributed by atoms with Crippen LogP contribution in [0.15, 0.2) is 110 Å². The van der Waals surface area contributed by atoms with Gasteiger partial charge in [-0.05, 0) is 71.2 Å². The lowest BCUT2D eigenvalue weighted by Gasteiger charge is -2.12. The van der Waals surface area contributed by atoms with E-state index < -0.39 is 0 Å². The Balaban J connectivity index is 1.36. The van der Waals surface area contributed by atoms with Gasteiger partial charge in [-0.3, -0.25) is 9.69 Å². The maximum Gasteiger partial charge on any atom is 0.267 e. The summed E-state index contributed by atoms with van der Waals surface area (Å²) in [6, 6.07) is 24.7. The Morgan fingerprint density at radius 2 is 1.85 bits per heavy atom. The van der Waals surface area contributed by atoms with E-state index in [2.05, 4.69) is 10.2 Å². The van der Waals surface area contributed by atoms with Crippen molar-refractivity contribution in [3.8, 4) is 11.5 Å². The molecule has 0 aliphatic carbocycles. The molecule has 1 aliphatic rings. The number of nitrogens with zero attached hydrogens (tertiary/aromatic N) is 3. The average molecular weight is 486 g/mol. The quantitative estimate of drug-likeness (QED) is 0.167. The smallest absolute Gasteiger partial charge is 0.267 e. The molecular formula is C26H19N3O3S2. The van der Waals surface area contributed by atoms with Crippen LogP contribution in [0.1, 0.15) is 16.2 Å². The van der Waals surface area contributed by atoms with Gasteiger partial charge < -0.3 is 9.15 Å². The van der Waals surface area contributed by atoms with Crippen LogP contribution in [0.5, 0.6) is 11.5 Å². The van der Waals surface area contributed by atoms with Gasteiger partial charge in [-0.2, -0.15) is 5.10 Å². The number of ether oxygens (including phenoxy) is 1. The molecule has 1 fully saturated rings. The molecule has 168 valence electrons. The van der Waals surface area contributed by atoms with Crippen molar-refractivity contribution < 1.29 is 13.9 Å². The molecule has 1 aliphatic heterocycles. The largest absolute Gasteiger partial charge is 0.467 e. The molecule has 1 saturated heterocycles. The first-order valence-corrected chi connectivity index (χ1v) is 12.2. The lowest BCUT2D eigenvalue weighted by atomic mass is 10.2. The van der Waals surface area contributed by atoms with Gasteiger partial charge in [-0.25, -0.2) is 0 Å². The summed E-state index contributed by atoms with van der Waals surface area (Å²) < 4.78 is 11.3. The van der Waals surface area contributed by atoms with Gasteiger partial charge in [0.2, 0.25) is 0 Å². The summed E-state index contributed by atoms with van der Waals surface area (Å²) >= 11 is 2.88. The third kappa shape index (κ3) is 5.36. The molecule has 34 heavy (non-hydrogen) atoms. The van der Waals surface area contributed by atoms with Crippen LogP contribution >= 0.6 is 23.1 Å². The molecule has 3 heterocycles. The van der Waals surface area contributed by atoms with E-state index in [-0.39, 0.29) is 12.5 Å². The summed E-state index contributed by atoms with van der Waals surface area (Å²) in [5.41, 5.74) is 0.832. The standard InChI is InChI=1S/C26H19N3O3S2/c30-25-24(16-23-12-6-14-33-23)34-26(29(25)18-22-11-5-13-31-22)28-27-17-19-7-4-10-21(15-19)32-20-8-2-1-3-9-20/h1-17H,18H2/b24-16-,27-17+,28-26+. The van der Waals surface area contributed by atoms with E-state index in [0.29, 0.717) is 21.6 Å². The number of carbonyl (C=O) groups excluding carboxylic acids is 1. The average Bonchev–Trinajstić information content (AvgIpc) is 3.61. The minimum Gasteiger partial charge on any atom is -0.467 e. The Labute approximate surface area is 204 Å². The fourth-order valence-corrected chi connectivity index (χ4v) is 4.87. The Bertz CT molecular complexity index is 1350. The van der Waals surface area contributed by atoms with Crippen LogP contribution in [-0.2, 0) is 11.3 Å². The highest BCUT2D eigenvalue weighted by Crippen LogP contribution is 2.34. The van der Waals surface area contributed by atoms with Crippen molar-refractivity contribution in [3.63, 3.8) is 0 Å². The van der Waals surface area contributed by atoms with Crippen molar-refractivity contribution in [2.24, 2.45) is 10.2 Å². The van der Waals surface area contributed by atoms with E-state index in [1.807, 2.05) is 84.3 Å². The number of hydrogen-bond donors (Lipinski definition) is 0. The molecule has 0 atom stereocenters. The van der Waals surface area contributed by atoms with Crippen LogP contribution in [0.25, 0.3) is 6.08 Å². The maximum absolute atomic E-state index is 13.1. The molecule has 0 spiro atoms. The zero-order valence-electron chi connectivity index (χ0n) is 17.9. The highest BCUT2D eigenvalue weighted by atomic mass is 32.2. The van der Waals surface area contributed by atoms with Gasteiger partial charge in [0.15, 0.2) is 5.17 Å². The van der Waals surface area contributed by atoms with Gasteiger partial charge in [0.25, 0.3) is 5.91 Å². The first-order chi connectivity index (χ1) is 16.7. The molecule has 0 unspecified atom stereocenters. The first kappa shape index (κ1) is 21.9. The van der Waals surface area contributed by atoms with Gasteiger partial charge in [-0.15, -0.1) is 16.4 Å².